The largest absolute Gasteiger partial charge is 0.501 e. The van der Waals surface area contributed by atoms with E-state index in [0.717, 1.165) is 25.9 Å². The van der Waals surface area contributed by atoms with Gasteiger partial charge in [-0.3, -0.25) is 14.5 Å². The number of amides is 1. The van der Waals surface area contributed by atoms with E-state index in [4.69, 9.17) is 0 Å². The van der Waals surface area contributed by atoms with E-state index in [1.807, 2.05) is 13.8 Å². The Morgan fingerprint density at radius 2 is 1.89 bits per heavy atom. The SMILES string of the molecule is CC(C)(c1nc(C(=O)NCc2ccc(F)cc2)c(O)c(=O)[nH]1)N1CCCCC1. The summed E-state index contributed by atoms with van der Waals surface area (Å²) in [6.45, 7) is 5.76. The predicted molar refractivity (Wildman–Crippen MR) is 103 cm³/mol. The van der Waals surface area contributed by atoms with Gasteiger partial charge in [0.2, 0.25) is 5.75 Å². The summed E-state index contributed by atoms with van der Waals surface area (Å²) in [5.74, 6) is -1.41. The zero-order valence-corrected chi connectivity index (χ0v) is 16.1. The molecule has 0 unspecified atom stereocenters. The quantitative estimate of drug-likeness (QED) is 0.730. The number of rotatable bonds is 5. The first-order chi connectivity index (χ1) is 13.3. The third-order valence-electron chi connectivity index (χ3n) is 5.20. The molecule has 2 heterocycles. The molecule has 150 valence electrons. The van der Waals surface area contributed by atoms with Crippen LogP contribution in [0, 0.1) is 5.82 Å². The van der Waals surface area contributed by atoms with Crippen molar-refractivity contribution in [3.8, 4) is 5.75 Å². The van der Waals surface area contributed by atoms with Gasteiger partial charge in [0.15, 0.2) is 5.69 Å². The molecule has 0 spiro atoms. The van der Waals surface area contributed by atoms with E-state index in [1.165, 1.54) is 18.6 Å². The van der Waals surface area contributed by atoms with E-state index < -0.39 is 22.8 Å². The molecule has 0 saturated carbocycles. The van der Waals surface area contributed by atoms with Gasteiger partial charge in [-0.1, -0.05) is 18.6 Å². The molecule has 1 aromatic heterocycles. The molecule has 7 nitrogen and oxygen atoms in total. The molecule has 8 heteroatoms. The Morgan fingerprint density at radius 3 is 2.54 bits per heavy atom. The molecule has 0 bridgehead atoms. The van der Waals surface area contributed by atoms with Crippen molar-refractivity contribution in [1.82, 2.24) is 20.2 Å². The van der Waals surface area contributed by atoms with Gasteiger partial charge in [-0.05, 0) is 57.5 Å². The third kappa shape index (κ3) is 4.22. The average molecular weight is 388 g/mol. The predicted octanol–water partition coefficient (Wildman–Crippen LogP) is 2.27. The van der Waals surface area contributed by atoms with E-state index in [9.17, 15) is 19.1 Å². The molecule has 1 aromatic carbocycles. The number of aromatic nitrogens is 2. The van der Waals surface area contributed by atoms with Gasteiger partial charge in [0, 0.05) is 6.54 Å². The van der Waals surface area contributed by atoms with E-state index in [1.54, 1.807) is 12.1 Å². The lowest BCUT2D eigenvalue weighted by Gasteiger charge is -2.40. The van der Waals surface area contributed by atoms with Gasteiger partial charge >= 0.3 is 0 Å². The second-order valence-electron chi connectivity index (χ2n) is 7.53. The number of benzene rings is 1. The Kier molecular flexibility index (Phi) is 5.79. The van der Waals surface area contributed by atoms with Crippen molar-refractivity contribution in [2.24, 2.45) is 0 Å². The van der Waals surface area contributed by atoms with Gasteiger partial charge in [0.05, 0.1) is 5.54 Å². The minimum atomic E-state index is -0.748. The topological polar surface area (TPSA) is 98.3 Å². The first-order valence-corrected chi connectivity index (χ1v) is 9.40. The smallest absolute Gasteiger partial charge is 0.293 e. The number of nitrogens with one attached hydrogen (secondary N) is 2. The van der Waals surface area contributed by atoms with E-state index >= 15 is 0 Å². The lowest BCUT2D eigenvalue weighted by molar-refractivity contribution is 0.0850. The summed E-state index contributed by atoms with van der Waals surface area (Å²) in [4.78, 5) is 33.9. The minimum absolute atomic E-state index is 0.123. The second-order valence-corrected chi connectivity index (χ2v) is 7.53. The zero-order chi connectivity index (χ0) is 20.3. The molecular weight excluding hydrogens is 363 g/mol. The first kappa shape index (κ1) is 20.0. The van der Waals surface area contributed by atoms with Crippen LogP contribution in [0.3, 0.4) is 0 Å². The number of aromatic amines is 1. The fourth-order valence-electron chi connectivity index (χ4n) is 3.39. The standard InChI is InChI=1S/C20H25FN4O3/c1-20(2,25-10-4-3-5-11-25)19-23-15(16(26)18(28)24-19)17(27)22-12-13-6-8-14(21)9-7-13/h6-9,26H,3-5,10-12H2,1-2H3,(H,22,27)(H,23,24,28). The summed E-state index contributed by atoms with van der Waals surface area (Å²) >= 11 is 0. The average Bonchev–Trinajstić information content (AvgIpc) is 2.69. The Hall–Kier alpha value is -2.74. The van der Waals surface area contributed by atoms with Crippen molar-refractivity contribution < 1.29 is 14.3 Å². The van der Waals surface area contributed by atoms with Crippen LogP contribution in [0.4, 0.5) is 4.39 Å². The number of likely N-dealkylation sites (tertiary alicyclic amines) is 1. The van der Waals surface area contributed by atoms with Crippen molar-refractivity contribution in [1.29, 1.82) is 0 Å². The van der Waals surface area contributed by atoms with Crippen molar-refractivity contribution in [3.63, 3.8) is 0 Å². The number of hydrogen-bond acceptors (Lipinski definition) is 5. The lowest BCUT2D eigenvalue weighted by Crippen LogP contribution is -2.46. The van der Waals surface area contributed by atoms with Crippen LogP contribution in [0.1, 0.15) is 55.0 Å². The highest BCUT2D eigenvalue weighted by atomic mass is 19.1. The number of carbonyl (C=O) groups excluding carboxylic acids is 1. The molecule has 28 heavy (non-hydrogen) atoms. The molecule has 0 radical (unpaired) electrons. The highest BCUT2D eigenvalue weighted by Gasteiger charge is 2.33. The van der Waals surface area contributed by atoms with Crippen LogP contribution in [-0.4, -0.2) is 39.0 Å². The normalized spacial score (nSPS) is 15.4. The molecule has 1 amide bonds. The van der Waals surface area contributed by atoms with Crippen LogP contribution in [-0.2, 0) is 12.1 Å². The number of piperidine rings is 1. The highest BCUT2D eigenvalue weighted by Crippen LogP contribution is 2.28. The van der Waals surface area contributed by atoms with Crippen LogP contribution in [0.2, 0.25) is 0 Å². The maximum absolute atomic E-state index is 13.0. The van der Waals surface area contributed by atoms with Crippen LogP contribution in [0.25, 0.3) is 0 Å². The number of carbonyl (C=O) groups is 1. The number of aromatic hydroxyl groups is 1. The minimum Gasteiger partial charge on any atom is -0.501 e. The van der Waals surface area contributed by atoms with Gasteiger partial charge in [0.1, 0.15) is 11.6 Å². The van der Waals surface area contributed by atoms with Crippen molar-refractivity contribution in [2.45, 2.75) is 45.2 Å². The first-order valence-electron chi connectivity index (χ1n) is 9.40. The molecule has 1 saturated heterocycles. The number of hydrogen-bond donors (Lipinski definition) is 3. The van der Waals surface area contributed by atoms with Crippen molar-refractivity contribution in [2.75, 3.05) is 13.1 Å². The van der Waals surface area contributed by atoms with Crippen molar-refractivity contribution >= 4 is 5.91 Å². The summed E-state index contributed by atoms with van der Waals surface area (Å²) < 4.78 is 13.0. The molecule has 1 aliphatic heterocycles. The molecular formula is C20H25FN4O3. The Bertz CT molecular complexity index is 903. The Morgan fingerprint density at radius 1 is 1.25 bits per heavy atom. The number of halogens is 1. The molecule has 0 aliphatic carbocycles. The molecule has 3 rings (SSSR count). The van der Waals surface area contributed by atoms with Gasteiger partial charge in [-0.2, -0.15) is 0 Å². The highest BCUT2D eigenvalue weighted by molar-refractivity contribution is 5.94. The molecule has 0 atom stereocenters. The van der Waals surface area contributed by atoms with Crippen LogP contribution < -0.4 is 10.9 Å². The Balaban J connectivity index is 1.83. The number of nitrogens with zero attached hydrogens (tertiary/aromatic N) is 2. The summed E-state index contributed by atoms with van der Waals surface area (Å²) in [6, 6.07) is 5.69. The van der Waals surface area contributed by atoms with Gasteiger partial charge in [-0.25, -0.2) is 9.37 Å². The van der Waals surface area contributed by atoms with Crippen LogP contribution in [0.5, 0.6) is 5.75 Å². The van der Waals surface area contributed by atoms with Gasteiger partial charge in [0.25, 0.3) is 11.5 Å². The molecule has 3 N–H and O–H groups in total. The van der Waals surface area contributed by atoms with E-state index in [2.05, 4.69) is 20.2 Å². The van der Waals surface area contributed by atoms with E-state index in [0.29, 0.717) is 11.4 Å². The van der Waals surface area contributed by atoms with Gasteiger partial charge < -0.3 is 15.4 Å². The zero-order valence-electron chi connectivity index (χ0n) is 16.1. The fraction of sp³-hybridized carbons (Fsp3) is 0.450. The summed E-state index contributed by atoms with van der Waals surface area (Å²) in [7, 11) is 0. The molecule has 1 aliphatic rings. The van der Waals surface area contributed by atoms with Crippen molar-refractivity contribution in [3.05, 3.63) is 57.5 Å². The summed E-state index contributed by atoms with van der Waals surface area (Å²) in [5.41, 5.74) is -0.958. The maximum Gasteiger partial charge on any atom is 0.293 e. The molecule has 2 aromatic rings. The Labute approximate surface area is 162 Å². The van der Waals surface area contributed by atoms with E-state index in [-0.39, 0.29) is 18.1 Å². The number of H-pyrrole nitrogens is 1. The third-order valence-corrected chi connectivity index (χ3v) is 5.20. The van der Waals surface area contributed by atoms with Crippen LogP contribution in [0.15, 0.2) is 29.1 Å². The van der Waals surface area contributed by atoms with Crippen LogP contribution >= 0.6 is 0 Å². The summed E-state index contributed by atoms with van der Waals surface area (Å²) in [5, 5.41) is 12.7. The second kappa shape index (κ2) is 8.10. The maximum atomic E-state index is 13.0. The fourth-order valence-corrected chi connectivity index (χ4v) is 3.39. The molecule has 1 fully saturated rings. The van der Waals surface area contributed by atoms with Gasteiger partial charge in [-0.15, -0.1) is 0 Å². The summed E-state index contributed by atoms with van der Waals surface area (Å²) in [6.07, 6.45) is 3.30. The lowest BCUT2D eigenvalue weighted by atomic mass is 9.97. The monoisotopic (exact) mass is 388 g/mol.